The Hall–Kier alpha value is -3.75. The molecule has 2 heterocycles. The van der Waals surface area contributed by atoms with Gasteiger partial charge in [-0.3, -0.25) is 14.5 Å². The zero-order valence-electron chi connectivity index (χ0n) is 21.5. The fourth-order valence-corrected chi connectivity index (χ4v) is 5.28. The molecule has 5 rings (SSSR count). The Labute approximate surface area is 225 Å². The normalized spacial score (nSPS) is 15.7. The van der Waals surface area contributed by atoms with E-state index < -0.39 is 0 Å². The van der Waals surface area contributed by atoms with Crippen molar-refractivity contribution in [3.63, 3.8) is 0 Å². The minimum Gasteiger partial charge on any atom is -0.507 e. The lowest BCUT2D eigenvalue weighted by molar-refractivity contribution is -0.141. The van der Waals surface area contributed by atoms with Crippen molar-refractivity contribution in [3.05, 3.63) is 65.9 Å². The molecular weight excluding hydrogens is 506 g/mol. The van der Waals surface area contributed by atoms with E-state index in [-0.39, 0.29) is 35.5 Å². The molecule has 0 bridgehead atoms. The first kappa shape index (κ1) is 25.9. The fourth-order valence-electron chi connectivity index (χ4n) is 5.08. The number of ether oxygens (including phenoxy) is 2. The number of esters is 1. The second kappa shape index (κ2) is 10.6. The lowest BCUT2D eigenvalue weighted by atomic mass is 9.92. The molecule has 2 atom stereocenters. The molecule has 4 aromatic rings. The predicted octanol–water partition coefficient (Wildman–Crippen LogP) is 4.88. The average molecular weight is 536 g/mol. The number of fused-ring (bicyclic) bond motifs is 4. The van der Waals surface area contributed by atoms with Crippen LogP contribution in [-0.4, -0.2) is 72.6 Å². The highest BCUT2D eigenvalue weighted by Gasteiger charge is 2.37. The molecule has 0 radical (unpaired) electrons. The zero-order chi connectivity index (χ0) is 27.0. The van der Waals surface area contributed by atoms with Gasteiger partial charge in [0.2, 0.25) is 0 Å². The number of carbonyl (C=O) groups excluding carboxylic acids is 2. The summed E-state index contributed by atoms with van der Waals surface area (Å²) in [6, 6.07) is 16.7. The molecule has 8 nitrogen and oxygen atoms in total. The minimum atomic E-state index is -0.297. The Balaban J connectivity index is 1.38. The molecule has 2 N–H and O–H groups in total. The minimum absolute atomic E-state index is 0.0668. The Morgan fingerprint density at radius 3 is 2.68 bits per heavy atom. The topological polar surface area (TPSA) is 95.1 Å². The molecule has 1 aliphatic heterocycles. The molecule has 9 heteroatoms. The Morgan fingerprint density at radius 1 is 1.18 bits per heavy atom. The van der Waals surface area contributed by atoms with Crippen molar-refractivity contribution in [2.75, 3.05) is 45.3 Å². The third-order valence-electron chi connectivity index (χ3n) is 7.07. The van der Waals surface area contributed by atoms with Crippen LogP contribution in [0.2, 0.25) is 0 Å². The van der Waals surface area contributed by atoms with Crippen LogP contribution in [-0.2, 0) is 9.53 Å². The van der Waals surface area contributed by atoms with E-state index in [9.17, 15) is 14.7 Å². The highest BCUT2D eigenvalue weighted by molar-refractivity contribution is 6.22. The first-order valence-electron chi connectivity index (χ1n) is 12.5. The summed E-state index contributed by atoms with van der Waals surface area (Å²) < 4.78 is 10.5. The number of H-pyrrole nitrogens is 1. The molecule has 1 aromatic heterocycles. The molecule has 1 amide bonds. The van der Waals surface area contributed by atoms with Crippen LogP contribution in [0.4, 0.5) is 5.69 Å². The SMILES string of the molecule is COC(=O)CN(C)CCOc1ccc2[nH]c(C(=O)N3CC(C(C)Cl)c4c3cc(O)c3ccccc43)cc2c1. The summed E-state index contributed by atoms with van der Waals surface area (Å²) in [5.74, 6) is 0.248. The van der Waals surface area contributed by atoms with E-state index in [4.69, 9.17) is 16.3 Å². The number of alkyl halides is 1. The van der Waals surface area contributed by atoms with E-state index in [0.717, 1.165) is 27.2 Å². The lowest BCUT2D eigenvalue weighted by Crippen LogP contribution is -2.31. The number of hydrogen-bond acceptors (Lipinski definition) is 6. The molecule has 198 valence electrons. The van der Waals surface area contributed by atoms with Gasteiger partial charge in [-0.25, -0.2) is 0 Å². The van der Waals surface area contributed by atoms with Crippen molar-refractivity contribution in [1.29, 1.82) is 0 Å². The van der Waals surface area contributed by atoms with Crippen LogP contribution in [0, 0.1) is 0 Å². The number of nitrogens with zero attached hydrogens (tertiary/aromatic N) is 2. The Bertz CT molecular complexity index is 1520. The number of hydrogen-bond donors (Lipinski definition) is 2. The molecule has 3 aromatic carbocycles. The first-order chi connectivity index (χ1) is 18.3. The van der Waals surface area contributed by atoms with Gasteiger partial charge in [-0.2, -0.15) is 0 Å². The second-order valence-electron chi connectivity index (χ2n) is 9.67. The van der Waals surface area contributed by atoms with Crippen molar-refractivity contribution in [2.45, 2.75) is 18.2 Å². The Morgan fingerprint density at radius 2 is 1.95 bits per heavy atom. The number of halogens is 1. The van der Waals surface area contributed by atoms with E-state index in [0.29, 0.717) is 36.8 Å². The zero-order valence-corrected chi connectivity index (χ0v) is 22.3. The number of aromatic hydroxyl groups is 1. The van der Waals surface area contributed by atoms with E-state index in [1.54, 1.807) is 11.0 Å². The number of phenolic OH excluding ortho intramolecular Hbond substituents is 1. The number of aromatic amines is 1. The largest absolute Gasteiger partial charge is 0.507 e. The van der Waals surface area contributed by atoms with Gasteiger partial charge in [0.05, 0.1) is 19.3 Å². The van der Waals surface area contributed by atoms with Gasteiger partial charge in [-0.05, 0) is 49.2 Å². The van der Waals surface area contributed by atoms with Crippen LogP contribution >= 0.6 is 11.6 Å². The highest BCUT2D eigenvalue weighted by atomic mass is 35.5. The van der Waals surface area contributed by atoms with E-state index in [2.05, 4.69) is 9.72 Å². The molecule has 0 aliphatic carbocycles. The maximum Gasteiger partial charge on any atom is 0.319 e. The first-order valence-corrected chi connectivity index (χ1v) is 12.9. The van der Waals surface area contributed by atoms with Crippen molar-refractivity contribution in [3.8, 4) is 11.5 Å². The molecule has 38 heavy (non-hydrogen) atoms. The van der Waals surface area contributed by atoms with Gasteiger partial charge in [-0.1, -0.05) is 24.3 Å². The number of carbonyl (C=O) groups is 2. The number of amides is 1. The third kappa shape index (κ3) is 4.89. The summed E-state index contributed by atoms with van der Waals surface area (Å²) in [7, 11) is 3.19. The highest BCUT2D eigenvalue weighted by Crippen LogP contribution is 2.47. The molecule has 1 aliphatic rings. The van der Waals surface area contributed by atoms with Crippen LogP contribution < -0.4 is 9.64 Å². The number of anilines is 1. The van der Waals surface area contributed by atoms with Crippen LogP contribution in [0.1, 0.15) is 28.9 Å². The van der Waals surface area contributed by atoms with Crippen LogP contribution in [0.15, 0.2) is 54.6 Å². The molecule has 0 fully saturated rings. The predicted molar refractivity (Wildman–Crippen MR) is 149 cm³/mol. The van der Waals surface area contributed by atoms with Gasteiger partial charge in [0.15, 0.2) is 0 Å². The van der Waals surface area contributed by atoms with Gasteiger partial charge in [-0.15, -0.1) is 11.6 Å². The summed E-state index contributed by atoms with van der Waals surface area (Å²) >= 11 is 6.59. The quantitative estimate of drug-likeness (QED) is 0.247. The molecule has 0 spiro atoms. The number of nitrogens with one attached hydrogen (secondary N) is 1. The van der Waals surface area contributed by atoms with Crippen LogP contribution in [0.3, 0.4) is 0 Å². The number of rotatable bonds is 8. The maximum atomic E-state index is 13.7. The number of aromatic nitrogens is 1. The lowest BCUT2D eigenvalue weighted by Gasteiger charge is -2.18. The summed E-state index contributed by atoms with van der Waals surface area (Å²) in [6.07, 6.45) is 0. The monoisotopic (exact) mass is 535 g/mol. The van der Waals surface area contributed by atoms with Crippen molar-refractivity contribution >= 4 is 50.8 Å². The maximum absolute atomic E-state index is 13.7. The molecule has 2 unspecified atom stereocenters. The third-order valence-corrected chi connectivity index (χ3v) is 7.38. The summed E-state index contributed by atoms with van der Waals surface area (Å²) in [6.45, 7) is 3.51. The summed E-state index contributed by atoms with van der Waals surface area (Å²) in [5.41, 5.74) is 2.92. The molecule has 0 saturated heterocycles. The van der Waals surface area contributed by atoms with Gasteiger partial charge < -0.3 is 24.5 Å². The Kier molecular flexibility index (Phi) is 7.19. The smallest absolute Gasteiger partial charge is 0.319 e. The van der Waals surface area contributed by atoms with Crippen molar-refractivity contribution in [2.24, 2.45) is 0 Å². The van der Waals surface area contributed by atoms with Gasteiger partial charge in [0, 0.05) is 46.7 Å². The standard InChI is InChI=1S/C29H30ClN3O5/c1-17(30)22-15-33(25-14-26(34)20-6-4-5-7-21(20)28(22)25)29(36)24-13-18-12-19(8-9-23(18)31-24)38-11-10-32(2)16-27(35)37-3/h4-9,12-14,17,22,31,34H,10-11,15-16H2,1-3H3. The molecular formula is C29H30ClN3O5. The number of benzene rings is 3. The number of methoxy groups -OCH3 is 1. The van der Waals surface area contributed by atoms with E-state index in [1.807, 2.05) is 67.4 Å². The fraction of sp³-hybridized carbons (Fsp3) is 0.310. The van der Waals surface area contributed by atoms with Gasteiger partial charge in [0.25, 0.3) is 5.91 Å². The number of likely N-dealkylation sites (N-methyl/N-ethyl adjacent to an activating group) is 1. The van der Waals surface area contributed by atoms with Crippen LogP contribution in [0.5, 0.6) is 11.5 Å². The van der Waals surface area contributed by atoms with Crippen molar-refractivity contribution in [1.82, 2.24) is 9.88 Å². The second-order valence-corrected chi connectivity index (χ2v) is 10.4. The molecule has 0 saturated carbocycles. The van der Waals surface area contributed by atoms with Gasteiger partial charge >= 0.3 is 5.97 Å². The van der Waals surface area contributed by atoms with E-state index in [1.165, 1.54) is 7.11 Å². The summed E-state index contributed by atoms with van der Waals surface area (Å²) in [4.78, 5) is 31.9. The van der Waals surface area contributed by atoms with Crippen LogP contribution in [0.25, 0.3) is 21.7 Å². The van der Waals surface area contributed by atoms with Gasteiger partial charge in [0.1, 0.15) is 23.8 Å². The number of phenols is 1. The van der Waals surface area contributed by atoms with E-state index >= 15 is 0 Å². The summed E-state index contributed by atoms with van der Waals surface area (Å²) in [5, 5.41) is 13.0. The average Bonchev–Trinajstić information content (AvgIpc) is 3.50. The van der Waals surface area contributed by atoms with Crippen molar-refractivity contribution < 1.29 is 24.2 Å².